The Morgan fingerprint density at radius 2 is 1.94 bits per heavy atom. The first-order valence-corrected chi connectivity index (χ1v) is 5.29. The number of hydrogen-bond acceptors (Lipinski definition) is 2. The molecular formula is C10H15F3N2O2. The van der Waals surface area contributed by atoms with Crippen molar-refractivity contribution in [2.75, 3.05) is 13.1 Å². The fourth-order valence-electron chi connectivity index (χ4n) is 1.73. The van der Waals surface area contributed by atoms with Gasteiger partial charge in [0.05, 0.1) is 6.54 Å². The average molecular weight is 252 g/mol. The molecule has 4 nitrogen and oxygen atoms in total. The molecule has 0 radical (unpaired) electrons. The Labute approximate surface area is 97.1 Å². The van der Waals surface area contributed by atoms with Crippen LogP contribution in [0.2, 0.25) is 0 Å². The molecule has 0 aromatic heterocycles. The van der Waals surface area contributed by atoms with Crippen molar-refractivity contribution in [1.82, 2.24) is 10.2 Å². The van der Waals surface area contributed by atoms with Crippen LogP contribution in [-0.4, -0.2) is 41.5 Å². The minimum Gasteiger partial charge on any atom is -0.341 e. The molecule has 0 atom stereocenters. The third-order valence-electron chi connectivity index (χ3n) is 2.50. The molecule has 1 saturated heterocycles. The van der Waals surface area contributed by atoms with Crippen LogP contribution in [0.3, 0.4) is 0 Å². The van der Waals surface area contributed by atoms with Crippen molar-refractivity contribution in [3.8, 4) is 0 Å². The summed E-state index contributed by atoms with van der Waals surface area (Å²) in [6, 6.07) is 0. The van der Waals surface area contributed by atoms with Gasteiger partial charge in [0.1, 0.15) is 5.54 Å². The van der Waals surface area contributed by atoms with Gasteiger partial charge in [-0.2, -0.15) is 13.2 Å². The maximum absolute atomic E-state index is 12.0. The van der Waals surface area contributed by atoms with Crippen LogP contribution in [0, 0.1) is 0 Å². The fraction of sp³-hybridized carbons (Fsp3) is 0.800. The molecule has 0 aromatic carbocycles. The second kappa shape index (κ2) is 4.54. The molecule has 0 spiro atoms. The van der Waals surface area contributed by atoms with E-state index in [4.69, 9.17) is 0 Å². The predicted octanol–water partition coefficient (Wildman–Crippen LogP) is 1.07. The van der Waals surface area contributed by atoms with E-state index in [9.17, 15) is 22.8 Å². The van der Waals surface area contributed by atoms with Crippen LogP contribution in [0.25, 0.3) is 0 Å². The smallest absolute Gasteiger partial charge is 0.341 e. The van der Waals surface area contributed by atoms with Gasteiger partial charge < -0.3 is 10.2 Å². The summed E-state index contributed by atoms with van der Waals surface area (Å²) < 4.78 is 35.9. The van der Waals surface area contributed by atoms with E-state index in [0.29, 0.717) is 0 Å². The summed E-state index contributed by atoms with van der Waals surface area (Å²) in [6.45, 7) is 2.85. The van der Waals surface area contributed by atoms with E-state index >= 15 is 0 Å². The quantitative estimate of drug-likeness (QED) is 0.816. The summed E-state index contributed by atoms with van der Waals surface area (Å²) in [6.07, 6.45) is -5.35. The maximum atomic E-state index is 12.0. The largest absolute Gasteiger partial charge is 0.389 e. The van der Waals surface area contributed by atoms with Gasteiger partial charge in [-0.3, -0.25) is 9.59 Å². The first-order chi connectivity index (χ1) is 7.62. The zero-order valence-electron chi connectivity index (χ0n) is 9.73. The lowest BCUT2D eigenvalue weighted by Crippen LogP contribution is -2.63. The number of nitrogens with one attached hydrogen (secondary N) is 1. The van der Waals surface area contributed by atoms with E-state index in [1.807, 2.05) is 0 Å². The number of alkyl halides is 3. The molecular weight excluding hydrogens is 237 g/mol. The van der Waals surface area contributed by atoms with Crippen LogP contribution in [0.4, 0.5) is 13.2 Å². The molecule has 1 heterocycles. The number of carbonyl (C=O) groups is 2. The molecule has 17 heavy (non-hydrogen) atoms. The van der Waals surface area contributed by atoms with Gasteiger partial charge in [0.15, 0.2) is 0 Å². The van der Waals surface area contributed by atoms with Crippen LogP contribution in [0.15, 0.2) is 0 Å². The average Bonchev–Trinajstić information content (AvgIpc) is 2.10. The Morgan fingerprint density at radius 1 is 1.35 bits per heavy atom. The van der Waals surface area contributed by atoms with Gasteiger partial charge >= 0.3 is 6.18 Å². The maximum Gasteiger partial charge on any atom is 0.389 e. The van der Waals surface area contributed by atoms with Crippen LogP contribution < -0.4 is 5.32 Å². The number of nitrogens with zero attached hydrogens (tertiary/aromatic N) is 1. The van der Waals surface area contributed by atoms with E-state index < -0.39 is 18.1 Å². The molecule has 0 bridgehead atoms. The van der Waals surface area contributed by atoms with Crippen molar-refractivity contribution < 1.29 is 22.8 Å². The number of rotatable bonds is 3. The van der Waals surface area contributed by atoms with Crippen LogP contribution in [-0.2, 0) is 9.59 Å². The molecule has 0 saturated carbocycles. The molecule has 98 valence electrons. The van der Waals surface area contributed by atoms with Gasteiger partial charge in [-0.1, -0.05) is 0 Å². The Balaban J connectivity index is 2.53. The molecule has 1 aliphatic heterocycles. The van der Waals surface area contributed by atoms with Gasteiger partial charge in [0, 0.05) is 13.0 Å². The molecule has 1 N–H and O–H groups in total. The highest BCUT2D eigenvalue weighted by molar-refractivity contribution is 5.97. The zero-order valence-corrected chi connectivity index (χ0v) is 9.73. The molecule has 1 rings (SSSR count). The van der Waals surface area contributed by atoms with Crippen molar-refractivity contribution in [3.05, 3.63) is 0 Å². The number of piperazine rings is 1. The lowest BCUT2D eigenvalue weighted by atomic mass is 10.0. The van der Waals surface area contributed by atoms with Crippen LogP contribution in [0.5, 0.6) is 0 Å². The number of amides is 2. The summed E-state index contributed by atoms with van der Waals surface area (Å²) in [5.74, 6) is -0.694. The Hall–Kier alpha value is -1.27. The predicted molar refractivity (Wildman–Crippen MR) is 54.1 cm³/mol. The van der Waals surface area contributed by atoms with E-state index in [2.05, 4.69) is 5.32 Å². The van der Waals surface area contributed by atoms with Crippen molar-refractivity contribution >= 4 is 11.8 Å². The third kappa shape index (κ3) is 3.90. The summed E-state index contributed by atoms with van der Waals surface area (Å²) >= 11 is 0. The van der Waals surface area contributed by atoms with Crippen molar-refractivity contribution in [1.29, 1.82) is 0 Å². The monoisotopic (exact) mass is 252 g/mol. The normalized spacial score (nSPS) is 20.4. The highest BCUT2D eigenvalue weighted by atomic mass is 19.4. The molecule has 7 heteroatoms. The minimum atomic E-state index is -4.23. The van der Waals surface area contributed by atoms with Gasteiger partial charge in [0.2, 0.25) is 11.8 Å². The second-order valence-electron chi connectivity index (χ2n) is 4.62. The molecule has 1 fully saturated rings. The summed E-state index contributed by atoms with van der Waals surface area (Å²) in [5, 5.41) is 2.49. The second-order valence-corrected chi connectivity index (χ2v) is 4.62. The van der Waals surface area contributed by atoms with E-state index in [1.54, 1.807) is 0 Å². The topological polar surface area (TPSA) is 49.4 Å². The van der Waals surface area contributed by atoms with Crippen molar-refractivity contribution in [2.24, 2.45) is 0 Å². The summed E-state index contributed by atoms with van der Waals surface area (Å²) in [5.41, 5.74) is -1.03. The van der Waals surface area contributed by atoms with Crippen LogP contribution in [0.1, 0.15) is 26.7 Å². The number of carbonyl (C=O) groups excluding carboxylic acids is 2. The molecule has 1 aliphatic rings. The Kier molecular flexibility index (Phi) is 3.68. The SMILES string of the molecule is CC1(C)NC(=O)CN(CCCC(F)(F)F)C1=O. The van der Waals surface area contributed by atoms with E-state index in [0.717, 1.165) is 0 Å². The number of halogens is 3. The van der Waals surface area contributed by atoms with Crippen molar-refractivity contribution in [3.63, 3.8) is 0 Å². The first-order valence-electron chi connectivity index (χ1n) is 5.29. The highest BCUT2D eigenvalue weighted by Crippen LogP contribution is 2.22. The Morgan fingerprint density at radius 3 is 2.47 bits per heavy atom. The van der Waals surface area contributed by atoms with Crippen LogP contribution >= 0.6 is 0 Å². The summed E-state index contributed by atoms with van der Waals surface area (Å²) in [4.78, 5) is 24.2. The molecule has 0 unspecified atom stereocenters. The third-order valence-corrected chi connectivity index (χ3v) is 2.50. The lowest BCUT2D eigenvalue weighted by molar-refractivity contribution is -0.150. The molecule has 0 aromatic rings. The minimum absolute atomic E-state index is 0.0464. The van der Waals surface area contributed by atoms with E-state index in [1.165, 1.54) is 18.7 Å². The first kappa shape index (κ1) is 13.8. The fourth-order valence-corrected chi connectivity index (χ4v) is 1.73. The highest BCUT2D eigenvalue weighted by Gasteiger charge is 2.39. The molecule has 0 aliphatic carbocycles. The molecule has 2 amide bonds. The standard InChI is InChI=1S/C10H15F3N2O2/c1-9(2)8(17)15(6-7(16)14-9)5-3-4-10(11,12)13/h3-6H2,1-2H3,(H,14,16). The lowest BCUT2D eigenvalue weighted by Gasteiger charge is -2.37. The number of hydrogen-bond donors (Lipinski definition) is 1. The van der Waals surface area contributed by atoms with Gasteiger partial charge in [-0.25, -0.2) is 0 Å². The van der Waals surface area contributed by atoms with Crippen molar-refractivity contribution in [2.45, 2.75) is 38.4 Å². The van der Waals surface area contributed by atoms with E-state index in [-0.39, 0.29) is 31.3 Å². The van der Waals surface area contributed by atoms with Gasteiger partial charge in [0.25, 0.3) is 0 Å². The van der Waals surface area contributed by atoms with Gasteiger partial charge in [-0.15, -0.1) is 0 Å². The summed E-state index contributed by atoms with van der Waals surface area (Å²) in [7, 11) is 0. The van der Waals surface area contributed by atoms with Gasteiger partial charge in [-0.05, 0) is 20.3 Å². The Bertz CT molecular complexity index is 326. The zero-order chi connectivity index (χ0) is 13.3.